The van der Waals surface area contributed by atoms with E-state index in [2.05, 4.69) is 22.6 Å². The van der Waals surface area contributed by atoms with Gasteiger partial charge in [0.15, 0.2) is 0 Å². The lowest BCUT2D eigenvalue weighted by atomic mass is 10.2. The summed E-state index contributed by atoms with van der Waals surface area (Å²) < 4.78 is 0.899. The van der Waals surface area contributed by atoms with E-state index in [0.717, 1.165) is 9.99 Å². The second-order valence-electron chi connectivity index (χ2n) is 2.11. The van der Waals surface area contributed by atoms with Crippen molar-refractivity contribution in [1.82, 2.24) is 0 Å². The standard InChI is InChI=1S/C8H6ClIO/c9-8(11)7-3-1-2-6(4-7)5-10/h1-4H,5H2. The first-order valence-corrected chi connectivity index (χ1v) is 4.99. The maximum atomic E-state index is 10.7. The van der Waals surface area contributed by atoms with Crippen molar-refractivity contribution in [1.29, 1.82) is 0 Å². The van der Waals surface area contributed by atoms with Gasteiger partial charge in [0.2, 0.25) is 0 Å². The van der Waals surface area contributed by atoms with Crippen LogP contribution in [0.15, 0.2) is 24.3 Å². The zero-order chi connectivity index (χ0) is 8.27. The predicted octanol–water partition coefficient (Wildman–Crippen LogP) is 3.00. The SMILES string of the molecule is O=C(Cl)c1cccc(CI)c1. The highest BCUT2D eigenvalue weighted by Crippen LogP contribution is 2.10. The first-order chi connectivity index (χ1) is 5.24. The van der Waals surface area contributed by atoms with Crippen molar-refractivity contribution in [3.8, 4) is 0 Å². The molecule has 0 saturated heterocycles. The molecule has 0 aliphatic rings. The second-order valence-corrected chi connectivity index (χ2v) is 3.21. The number of hydrogen-bond acceptors (Lipinski definition) is 1. The Morgan fingerprint density at radius 3 is 2.82 bits per heavy atom. The lowest BCUT2D eigenvalue weighted by Crippen LogP contribution is -1.89. The molecule has 0 unspecified atom stereocenters. The normalized spacial score (nSPS) is 9.64. The lowest BCUT2D eigenvalue weighted by molar-refractivity contribution is 0.108. The molecule has 0 saturated carbocycles. The number of carbonyl (C=O) groups is 1. The van der Waals surface area contributed by atoms with Crippen LogP contribution >= 0.6 is 34.2 Å². The third-order valence-electron chi connectivity index (χ3n) is 1.31. The van der Waals surface area contributed by atoms with Gasteiger partial charge in [0.05, 0.1) is 0 Å². The van der Waals surface area contributed by atoms with Crippen molar-refractivity contribution >= 4 is 39.4 Å². The van der Waals surface area contributed by atoms with Crippen LogP contribution in [0.3, 0.4) is 0 Å². The van der Waals surface area contributed by atoms with Gasteiger partial charge in [-0.1, -0.05) is 40.8 Å². The molecule has 1 nitrogen and oxygen atoms in total. The molecule has 0 aromatic heterocycles. The van der Waals surface area contributed by atoms with E-state index in [1.54, 1.807) is 6.07 Å². The largest absolute Gasteiger partial charge is 0.276 e. The maximum absolute atomic E-state index is 10.7. The molecule has 1 aromatic carbocycles. The average molecular weight is 280 g/mol. The average Bonchev–Trinajstić information content (AvgIpc) is 2.05. The Morgan fingerprint density at radius 2 is 2.27 bits per heavy atom. The molecule has 0 amide bonds. The number of rotatable bonds is 2. The molecular weight excluding hydrogens is 274 g/mol. The second kappa shape index (κ2) is 4.07. The third kappa shape index (κ3) is 2.45. The Labute approximate surface area is 83.9 Å². The lowest BCUT2D eigenvalue weighted by Gasteiger charge is -1.96. The Bertz CT molecular complexity index is 273. The van der Waals surface area contributed by atoms with Crippen LogP contribution in [0.5, 0.6) is 0 Å². The summed E-state index contributed by atoms with van der Waals surface area (Å²) in [5.74, 6) is 0. The van der Waals surface area contributed by atoms with Gasteiger partial charge in [-0.2, -0.15) is 0 Å². The molecule has 3 heteroatoms. The van der Waals surface area contributed by atoms with E-state index in [4.69, 9.17) is 11.6 Å². The van der Waals surface area contributed by atoms with Gasteiger partial charge in [0, 0.05) is 9.99 Å². The fraction of sp³-hybridized carbons (Fsp3) is 0.125. The number of halogens is 2. The van der Waals surface area contributed by atoms with Crippen LogP contribution in [0.2, 0.25) is 0 Å². The van der Waals surface area contributed by atoms with Gasteiger partial charge in [-0.05, 0) is 23.2 Å². The Hall–Kier alpha value is -0.0900. The molecule has 0 radical (unpaired) electrons. The van der Waals surface area contributed by atoms with Crippen LogP contribution in [0, 0.1) is 0 Å². The van der Waals surface area contributed by atoms with Gasteiger partial charge in [-0.25, -0.2) is 0 Å². The van der Waals surface area contributed by atoms with Crippen molar-refractivity contribution < 1.29 is 4.79 Å². The fourth-order valence-corrected chi connectivity index (χ4v) is 1.37. The monoisotopic (exact) mass is 280 g/mol. The first-order valence-electron chi connectivity index (χ1n) is 3.09. The topological polar surface area (TPSA) is 17.1 Å². The summed E-state index contributed by atoms with van der Waals surface area (Å²) in [5.41, 5.74) is 1.69. The predicted molar refractivity (Wildman–Crippen MR) is 54.3 cm³/mol. The van der Waals surface area contributed by atoms with E-state index >= 15 is 0 Å². The van der Waals surface area contributed by atoms with Crippen molar-refractivity contribution in [2.24, 2.45) is 0 Å². The van der Waals surface area contributed by atoms with Crippen molar-refractivity contribution in [3.05, 3.63) is 35.4 Å². The van der Waals surface area contributed by atoms with Gasteiger partial charge in [-0.15, -0.1) is 0 Å². The summed E-state index contributed by atoms with van der Waals surface area (Å²) in [6.07, 6.45) is 0. The Kier molecular flexibility index (Phi) is 3.33. The highest BCUT2D eigenvalue weighted by atomic mass is 127. The molecule has 58 valence electrons. The Balaban J connectivity index is 3.01. The highest BCUT2D eigenvalue weighted by molar-refractivity contribution is 14.1. The summed E-state index contributed by atoms with van der Waals surface area (Å²) in [4.78, 5) is 10.7. The fourth-order valence-electron chi connectivity index (χ4n) is 0.777. The minimum absolute atomic E-state index is 0.392. The number of alkyl halides is 1. The van der Waals surface area contributed by atoms with Crippen LogP contribution in [0.4, 0.5) is 0 Å². The van der Waals surface area contributed by atoms with Gasteiger partial charge < -0.3 is 0 Å². The van der Waals surface area contributed by atoms with Gasteiger partial charge in [0.25, 0.3) is 5.24 Å². The molecule has 1 aromatic rings. The first kappa shape index (κ1) is 9.00. The van der Waals surface area contributed by atoms with E-state index in [1.165, 1.54) is 0 Å². The minimum Gasteiger partial charge on any atom is -0.276 e. The van der Waals surface area contributed by atoms with Crippen LogP contribution in [-0.2, 0) is 4.43 Å². The van der Waals surface area contributed by atoms with Crippen LogP contribution in [0.1, 0.15) is 15.9 Å². The third-order valence-corrected chi connectivity index (χ3v) is 2.41. The van der Waals surface area contributed by atoms with Crippen LogP contribution in [-0.4, -0.2) is 5.24 Å². The highest BCUT2D eigenvalue weighted by Gasteiger charge is 2.00. The summed E-state index contributed by atoms with van der Waals surface area (Å²) in [6.45, 7) is 0. The summed E-state index contributed by atoms with van der Waals surface area (Å²) >= 11 is 7.53. The smallest absolute Gasteiger partial charge is 0.252 e. The van der Waals surface area contributed by atoms with E-state index in [-0.39, 0.29) is 0 Å². The molecule has 0 aliphatic heterocycles. The summed E-state index contributed by atoms with van der Waals surface area (Å²) in [6, 6.07) is 7.33. The van der Waals surface area contributed by atoms with E-state index in [9.17, 15) is 4.79 Å². The van der Waals surface area contributed by atoms with E-state index in [0.29, 0.717) is 5.56 Å². The van der Waals surface area contributed by atoms with Gasteiger partial charge in [-0.3, -0.25) is 4.79 Å². The van der Waals surface area contributed by atoms with E-state index in [1.807, 2.05) is 18.2 Å². The summed E-state index contributed by atoms with van der Waals surface area (Å²) in [7, 11) is 0. The molecule has 0 atom stereocenters. The number of benzene rings is 1. The zero-order valence-electron chi connectivity index (χ0n) is 5.68. The molecule has 11 heavy (non-hydrogen) atoms. The van der Waals surface area contributed by atoms with Crippen molar-refractivity contribution in [3.63, 3.8) is 0 Å². The van der Waals surface area contributed by atoms with E-state index < -0.39 is 5.24 Å². The van der Waals surface area contributed by atoms with Gasteiger partial charge >= 0.3 is 0 Å². The quantitative estimate of drug-likeness (QED) is 0.462. The van der Waals surface area contributed by atoms with Crippen molar-refractivity contribution in [2.45, 2.75) is 4.43 Å². The number of carbonyl (C=O) groups excluding carboxylic acids is 1. The van der Waals surface area contributed by atoms with Crippen molar-refractivity contribution in [2.75, 3.05) is 0 Å². The van der Waals surface area contributed by atoms with Crippen LogP contribution < -0.4 is 0 Å². The molecule has 0 heterocycles. The summed E-state index contributed by atoms with van der Waals surface area (Å²) in [5, 5.41) is -0.392. The maximum Gasteiger partial charge on any atom is 0.252 e. The minimum atomic E-state index is -0.392. The molecule has 1 rings (SSSR count). The molecule has 0 fully saturated rings. The van der Waals surface area contributed by atoms with Crippen LogP contribution in [0.25, 0.3) is 0 Å². The molecular formula is C8H6ClIO. The van der Waals surface area contributed by atoms with Gasteiger partial charge in [0.1, 0.15) is 0 Å². The molecule has 0 aliphatic carbocycles. The molecule has 0 N–H and O–H groups in total. The molecule has 0 bridgehead atoms. The zero-order valence-corrected chi connectivity index (χ0v) is 8.59. The number of hydrogen-bond donors (Lipinski definition) is 0. The molecule has 0 spiro atoms. The Morgan fingerprint density at radius 1 is 1.55 bits per heavy atom.